The molecule has 0 aromatic heterocycles. The molecule has 0 spiro atoms. The molecular weight excluding hydrogens is 843 g/mol. The maximum absolute atomic E-state index is 14.3. The molecule has 0 bridgehead atoms. The Bertz CT molecular complexity index is 1430. The first-order valence-corrected chi connectivity index (χ1v) is 32.9. The van der Waals surface area contributed by atoms with Crippen LogP contribution in [0.15, 0.2) is 0 Å². The zero-order valence-corrected chi connectivity index (χ0v) is 45.3. The molecule has 0 radical (unpaired) electrons. The summed E-state index contributed by atoms with van der Waals surface area (Å²) in [5.74, 6) is -2.72. The first kappa shape index (κ1) is 59.4. The summed E-state index contributed by atoms with van der Waals surface area (Å²) in [7, 11) is -5.41. The molecule has 5 N–H and O–H groups in total. The molecule has 5 amide bonds. The van der Waals surface area contributed by atoms with Crippen LogP contribution in [0.3, 0.4) is 0 Å². The number of hydrogen-bond acceptors (Lipinski definition) is 10. The maximum Gasteiger partial charge on any atom is 0.308 e. The molecule has 0 aliphatic heterocycles. The van der Waals surface area contributed by atoms with Crippen molar-refractivity contribution in [2.75, 3.05) is 13.7 Å². The van der Waals surface area contributed by atoms with Gasteiger partial charge in [-0.05, 0) is 101 Å². The van der Waals surface area contributed by atoms with E-state index in [0.29, 0.717) is 12.8 Å². The van der Waals surface area contributed by atoms with E-state index in [-0.39, 0.29) is 61.4 Å². The normalized spacial score (nSPS) is 16.0. The van der Waals surface area contributed by atoms with Gasteiger partial charge in [0, 0.05) is 6.42 Å². The van der Waals surface area contributed by atoms with Crippen LogP contribution in [0.1, 0.15) is 101 Å². The van der Waals surface area contributed by atoms with Gasteiger partial charge < -0.3 is 44.6 Å². The van der Waals surface area contributed by atoms with Crippen molar-refractivity contribution in [3.63, 3.8) is 0 Å². The van der Waals surface area contributed by atoms with Crippen molar-refractivity contribution in [3.05, 3.63) is 0 Å². The summed E-state index contributed by atoms with van der Waals surface area (Å²) in [4.78, 5) is 81.6. The molecule has 0 aromatic rings. The molecule has 0 aliphatic carbocycles. The minimum atomic E-state index is -2.36. The lowest BCUT2D eigenvalue weighted by molar-refractivity contribution is -0.143. The highest BCUT2D eigenvalue weighted by Gasteiger charge is 2.38. The Morgan fingerprint density at radius 3 is 1.26 bits per heavy atom. The van der Waals surface area contributed by atoms with Crippen LogP contribution in [0.25, 0.3) is 0 Å². The molecule has 7 atom stereocenters. The van der Waals surface area contributed by atoms with E-state index < -0.39 is 97.0 Å². The molecule has 0 rings (SSSR count). The van der Waals surface area contributed by atoms with Gasteiger partial charge >= 0.3 is 5.97 Å². The molecular formula is C44H89N5O10Si3. The Morgan fingerprint density at radius 2 is 0.871 bits per heavy atom. The van der Waals surface area contributed by atoms with E-state index in [1.54, 1.807) is 0 Å². The van der Waals surface area contributed by atoms with E-state index in [4.69, 9.17) is 18.0 Å². The fourth-order valence-corrected chi connectivity index (χ4v) is 9.71. The fourth-order valence-electron chi connectivity index (χ4n) is 6.74. The lowest BCUT2D eigenvalue weighted by Crippen LogP contribution is -2.60. The van der Waals surface area contributed by atoms with Crippen molar-refractivity contribution in [1.82, 2.24) is 26.6 Å². The molecule has 0 aromatic carbocycles. The number of methoxy groups -OCH3 is 1. The average molecular weight is 932 g/mol. The molecule has 7 unspecified atom stereocenters. The lowest BCUT2D eigenvalue weighted by Gasteiger charge is -2.36. The molecule has 362 valence electrons. The van der Waals surface area contributed by atoms with E-state index in [0.717, 1.165) is 0 Å². The Kier molecular flexibility index (Phi) is 25.8. The summed E-state index contributed by atoms with van der Waals surface area (Å²) in [5.41, 5.74) is 0. The van der Waals surface area contributed by atoms with Crippen molar-refractivity contribution >= 4 is 60.5 Å². The van der Waals surface area contributed by atoms with E-state index in [9.17, 15) is 28.8 Å². The molecule has 18 heteroatoms. The lowest BCUT2D eigenvalue weighted by atomic mass is 9.95. The monoisotopic (exact) mass is 932 g/mol. The predicted molar refractivity (Wildman–Crippen MR) is 255 cm³/mol. The Hall–Kier alpha value is -2.65. The van der Waals surface area contributed by atoms with Crippen LogP contribution >= 0.6 is 0 Å². The number of carbonyl (C=O) groups excluding carboxylic acids is 6. The Balaban J connectivity index is 6.80. The number of hydrogen-bond donors (Lipinski definition) is 5. The van der Waals surface area contributed by atoms with Crippen molar-refractivity contribution in [1.29, 1.82) is 0 Å². The largest absolute Gasteiger partial charge is 0.469 e. The molecule has 0 saturated carbocycles. The topological polar surface area (TPSA) is 199 Å². The van der Waals surface area contributed by atoms with Gasteiger partial charge in [0.05, 0.1) is 50.8 Å². The Morgan fingerprint density at radius 1 is 0.468 bits per heavy atom. The summed E-state index contributed by atoms with van der Waals surface area (Å²) in [6, 6.07) is -4.06. The number of ether oxygens (including phenoxy) is 1. The standard InChI is InChI=1S/C44H89N5O10Si3/c1-27(2)21-32(47-43(54)41(31(9)10)49-44(55)40(30(7)8)48-37(50)23-29(5)6)35(58-61(15,16)17)24-38(51)45-34(26-57-60(12,13)14)42(53)46-33(22-28(3)4)36(25-39(52)56-11)59-62(18,19)20/h27-36,40-41H,21-26H2,1-20H3,(H,45,51)(H,46,53)(H,47,54)(H,48,50)(H,49,55). The van der Waals surface area contributed by atoms with Gasteiger partial charge in [0.15, 0.2) is 25.0 Å². The van der Waals surface area contributed by atoms with Crippen LogP contribution in [0.5, 0.6) is 0 Å². The third-order valence-corrected chi connectivity index (χ3v) is 12.5. The van der Waals surface area contributed by atoms with Gasteiger partial charge in [-0.3, -0.25) is 28.8 Å². The second-order valence-electron chi connectivity index (χ2n) is 21.7. The summed E-state index contributed by atoms with van der Waals surface area (Å²) < 4.78 is 24.3. The predicted octanol–water partition coefficient (Wildman–Crippen LogP) is 6.11. The first-order chi connectivity index (χ1) is 28.1. The van der Waals surface area contributed by atoms with Gasteiger partial charge in [0.2, 0.25) is 29.5 Å². The van der Waals surface area contributed by atoms with Gasteiger partial charge in [0.1, 0.15) is 18.1 Å². The number of carbonyl (C=O) groups is 6. The van der Waals surface area contributed by atoms with Gasteiger partial charge in [-0.25, -0.2) is 0 Å². The van der Waals surface area contributed by atoms with Crippen LogP contribution in [0, 0.1) is 29.6 Å². The number of nitrogens with one attached hydrogen (secondary N) is 5. The zero-order valence-electron chi connectivity index (χ0n) is 42.3. The highest BCUT2D eigenvalue weighted by Crippen LogP contribution is 2.22. The average Bonchev–Trinajstić information content (AvgIpc) is 3.07. The van der Waals surface area contributed by atoms with Crippen molar-refractivity contribution in [2.45, 2.75) is 203 Å². The van der Waals surface area contributed by atoms with E-state index >= 15 is 0 Å². The van der Waals surface area contributed by atoms with Crippen LogP contribution in [0.2, 0.25) is 58.9 Å². The fraction of sp³-hybridized carbons (Fsp3) is 0.864. The number of esters is 1. The summed E-state index contributed by atoms with van der Waals surface area (Å²) in [6.45, 7) is 37.3. The summed E-state index contributed by atoms with van der Waals surface area (Å²) in [5, 5.41) is 14.9. The van der Waals surface area contributed by atoms with Crippen LogP contribution in [0.4, 0.5) is 0 Å². The highest BCUT2D eigenvalue weighted by atomic mass is 28.4. The van der Waals surface area contributed by atoms with E-state index in [1.165, 1.54) is 7.11 Å². The zero-order chi connectivity index (χ0) is 48.5. The minimum Gasteiger partial charge on any atom is -0.469 e. The Labute approximate surface area is 378 Å². The second kappa shape index (κ2) is 27.0. The van der Waals surface area contributed by atoms with Gasteiger partial charge in [0.25, 0.3) is 0 Å². The van der Waals surface area contributed by atoms with Gasteiger partial charge in [-0.15, -0.1) is 0 Å². The number of amides is 5. The summed E-state index contributed by atoms with van der Waals surface area (Å²) >= 11 is 0. The molecule has 15 nitrogen and oxygen atoms in total. The maximum atomic E-state index is 14.3. The SMILES string of the molecule is COC(=O)CC(O[Si](C)(C)C)C(CC(C)C)NC(=O)C(CO[Si](C)(C)C)NC(=O)CC(O[Si](C)(C)C)C(CC(C)C)NC(=O)C(NC(=O)C(NC(=O)CC(C)C)C(C)C)C(C)C. The third kappa shape index (κ3) is 26.2. The van der Waals surface area contributed by atoms with Gasteiger partial charge in [-0.1, -0.05) is 69.2 Å². The van der Waals surface area contributed by atoms with Crippen LogP contribution in [-0.4, -0.2) is 117 Å². The number of rotatable bonds is 29. The molecule has 62 heavy (non-hydrogen) atoms. The second-order valence-corrected chi connectivity index (χ2v) is 35.1. The molecule has 0 aliphatic rings. The van der Waals surface area contributed by atoms with Crippen molar-refractivity contribution in [2.24, 2.45) is 29.6 Å². The minimum absolute atomic E-state index is 0.0476. The highest BCUT2D eigenvalue weighted by molar-refractivity contribution is 6.70. The summed E-state index contributed by atoms with van der Waals surface area (Å²) in [6.07, 6.45) is -0.399. The van der Waals surface area contributed by atoms with Crippen LogP contribution in [-0.2, 0) is 46.8 Å². The van der Waals surface area contributed by atoms with Crippen molar-refractivity contribution in [3.8, 4) is 0 Å². The van der Waals surface area contributed by atoms with E-state index in [1.807, 2.05) is 128 Å². The quantitative estimate of drug-likeness (QED) is 0.0431. The first-order valence-electron chi connectivity index (χ1n) is 22.7. The molecule has 0 saturated heterocycles. The van der Waals surface area contributed by atoms with Crippen LogP contribution < -0.4 is 26.6 Å². The van der Waals surface area contributed by atoms with Gasteiger partial charge in [-0.2, -0.15) is 0 Å². The molecule has 0 fully saturated rings. The van der Waals surface area contributed by atoms with E-state index in [2.05, 4.69) is 26.6 Å². The molecule has 0 heterocycles. The third-order valence-electron chi connectivity index (χ3n) is 9.44. The smallest absolute Gasteiger partial charge is 0.308 e. The van der Waals surface area contributed by atoms with Crippen molar-refractivity contribution < 1.29 is 46.8 Å².